The minimum atomic E-state index is 0.599. The first-order chi connectivity index (χ1) is 15.9. The number of para-hydroxylation sites is 2. The molecule has 5 aromatic rings. The molecule has 0 aliphatic carbocycles. The summed E-state index contributed by atoms with van der Waals surface area (Å²) in [6, 6.07) is 40.7. The number of hydrogen-bond acceptors (Lipinski definition) is 4. The van der Waals surface area contributed by atoms with E-state index in [2.05, 4.69) is 41.3 Å². The molecule has 0 atom stereocenters. The number of hydrogen-bond donors (Lipinski definition) is 0. The maximum absolute atomic E-state index is 4.91. The zero-order chi connectivity index (χ0) is 21.6. The highest BCUT2D eigenvalue weighted by molar-refractivity contribution is 5.73. The molecule has 0 saturated carbocycles. The van der Waals surface area contributed by atoms with Crippen LogP contribution in [0.5, 0.6) is 0 Å². The molecule has 0 bridgehead atoms. The van der Waals surface area contributed by atoms with Crippen molar-refractivity contribution >= 4 is 17.3 Å². The highest BCUT2D eigenvalue weighted by Crippen LogP contribution is 2.32. The smallest absolute Gasteiger partial charge is 0.238 e. The van der Waals surface area contributed by atoms with Gasteiger partial charge in [0.15, 0.2) is 5.82 Å². The molecule has 0 amide bonds. The van der Waals surface area contributed by atoms with Gasteiger partial charge in [-0.25, -0.2) is 4.98 Å². The molecule has 4 heteroatoms. The van der Waals surface area contributed by atoms with E-state index in [-0.39, 0.29) is 0 Å². The van der Waals surface area contributed by atoms with Crippen LogP contribution in [0.3, 0.4) is 0 Å². The third-order valence-electron chi connectivity index (χ3n) is 5.14. The molecular formula is C28H22N4. The molecule has 4 aromatic carbocycles. The Morgan fingerprint density at radius 1 is 0.500 bits per heavy atom. The third kappa shape index (κ3) is 4.40. The van der Waals surface area contributed by atoms with Crippen molar-refractivity contribution in [2.24, 2.45) is 0 Å². The Bertz CT molecular complexity index is 1240. The van der Waals surface area contributed by atoms with Gasteiger partial charge < -0.3 is 0 Å². The second kappa shape index (κ2) is 9.23. The van der Waals surface area contributed by atoms with E-state index in [1.54, 1.807) is 0 Å². The van der Waals surface area contributed by atoms with Crippen LogP contribution in [-0.4, -0.2) is 15.0 Å². The number of anilines is 3. The van der Waals surface area contributed by atoms with Crippen molar-refractivity contribution in [3.63, 3.8) is 0 Å². The van der Waals surface area contributed by atoms with Gasteiger partial charge in [-0.15, -0.1) is 0 Å². The first-order valence-corrected chi connectivity index (χ1v) is 10.6. The highest BCUT2D eigenvalue weighted by Gasteiger charge is 2.18. The molecule has 1 heterocycles. The fraction of sp³-hybridized carbons (Fsp3) is 0.0357. The number of nitrogens with zero attached hydrogens (tertiary/aromatic N) is 4. The molecule has 32 heavy (non-hydrogen) atoms. The van der Waals surface area contributed by atoms with Crippen molar-refractivity contribution in [3.05, 3.63) is 133 Å². The maximum atomic E-state index is 4.91. The van der Waals surface area contributed by atoms with Gasteiger partial charge >= 0.3 is 0 Å². The zero-order valence-electron chi connectivity index (χ0n) is 17.5. The molecule has 0 saturated heterocycles. The molecule has 0 fully saturated rings. The van der Waals surface area contributed by atoms with Crippen LogP contribution < -0.4 is 4.90 Å². The van der Waals surface area contributed by atoms with Gasteiger partial charge in [0.05, 0.1) is 0 Å². The van der Waals surface area contributed by atoms with Crippen molar-refractivity contribution in [2.75, 3.05) is 4.90 Å². The molecule has 1 aromatic heterocycles. The van der Waals surface area contributed by atoms with E-state index in [1.807, 2.05) is 84.9 Å². The first kappa shape index (κ1) is 19.6. The molecule has 5 rings (SSSR count). The Hall–Kier alpha value is -4.31. The van der Waals surface area contributed by atoms with Gasteiger partial charge in [-0.05, 0) is 29.8 Å². The minimum absolute atomic E-state index is 0.599. The van der Waals surface area contributed by atoms with Crippen molar-refractivity contribution in [2.45, 2.75) is 6.42 Å². The summed E-state index contributed by atoms with van der Waals surface area (Å²) in [6.07, 6.45) is 0.633. The van der Waals surface area contributed by atoms with E-state index in [4.69, 9.17) is 15.0 Å². The van der Waals surface area contributed by atoms with Gasteiger partial charge in [-0.3, -0.25) is 4.90 Å². The number of benzene rings is 4. The number of aromatic nitrogens is 3. The summed E-state index contributed by atoms with van der Waals surface area (Å²) < 4.78 is 0. The predicted molar refractivity (Wildman–Crippen MR) is 129 cm³/mol. The van der Waals surface area contributed by atoms with E-state index < -0.39 is 0 Å². The van der Waals surface area contributed by atoms with Gasteiger partial charge in [0.25, 0.3) is 0 Å². The molecule has 0 unspecified atom stereocenters. The van der Waals surface area contributed by atoms with E-state index in [0.29, 0.717) is 18.2 Å². The van der Waals surface area contributed by atoms with Crippen molar-refractivity contribution in [1.82, 2.24) is 15.0 Å². The molecule has 4 nitrogen and oxygen atoms in total. The quantitative estimate of drug-likeness (QED) is 0.314. The second-order valence-corrected chi connectivity index (χ2v) is 7.41. The van der Waals surface area contributed by atoms with Crippen LogP contribution in [0.4, 0.5) is 17.3 Å². The lowest BCUT2D eigenvalue weighted by atomic mass is 10.1. The summed E-state index contributed by atoms with van der Waals surface area (Å²) in [5, 5.41) is 0. The summed E-state index contributed by atoms with van der Waals surface area (Å²) in [5.41, 5.74) is 4.12. The van der Waals surface area contributed by atoms with Crippen molar-refractivity contribution in [1.29, 1.82) is 0 Å². The molecule has 0 radical (unpaired) electrons. The largest absolute Gasteiger partial charge is 0.279 e. The zero-order valence-corrected chi connectivity index (χ0v) is 17.5. The Balaban J connectivity index is 1.67. The maximum Gasteiger partial charge on any atom is 0.238 e. The lowest BCUT2D eigenvalue weighted by Crippen LogP contribution is -2.16. The molecule has 0 N–H and O–H groups in total. The van der Waals surface area contributed by atoms with Crippen LogP contribution in [0.15, 0.2) is 121 Å². The Morgan fingerprint density at radius 3 is 1.56 bits per heavy atom. The highest BCUT2D eigenvalue weighted by atomic mass is 15.3. The molecule has 0 aliphatic heterocycles. The SMILES string of the molecule is c1ccc(Cc2nc(-c3ccccc3)nc(N(c3ccccc3)c3ccccc3)n2)cc1. The van der Waals surface area contributed by atoms with Gasteiger partial charge in [0, 0.05) is 23.4 Å². The van der Waals surface area contributed by atoms with Crippen LogP contribution in [0.2, 0.25) is 0 Å². The normalized spacial score (nSPS) is 10.6. The summed E-state index contributed by atoms with van der Waals surface area (Å²) in [4.78, 5) is 16.7. The summed E-state index contributed by atoms with van der Waals surface area (Å²) in [7, 11) is 0. The third-order valence-corrected chi connectivity index (χ3v) is 5.14. The Morgan fingerprint density at radius 2 is 1.00 bits per heavy atom. The van der Waals surface area contributed by atoms with Crippen LogP contribution in [0, 0.1) is 0 Å². The fourth-order valence-electron chi connectivity index (χ4n) is 3.62. The van der Waals surface area contributed by atoms with Crippen molar-refractivity contribution < 1.29 is 0 Å². The lowest BCUT2D eigenvalue weighted by Gasteiger charge is -2.23. The average molecular weight is 415 g/mol. The van der Waals surface area contributed by atoms with E-state index in [9.17, 15) is 0 Å². The Labute approximate surface area is 187 Å². The van der Waals surface area contributed by atoms with Crippen LogP contribution in [0.1, 0.15) is 11.4 Å². The van der Waals surface area contributed by atoms with Gasteiger partial charge in [-0.2, -0.15) is 9.97 Å². The molecule has 0 spiro atoms. The standard InChI is InChI=1S/C28H22N4/c1-5-13-22(14-6-1)21-26-29-27(23-15-7-2-8-16-23)31-28(30-26)32(24-17-9-3-10-18-24)25-19-11-4-12-20-25/h1-20H,21H2. The lowest BCUT2D eigenvalue weighted by molar-refractivity contribution is 0.913. The number of rotatable bonds is 6. The van der Waals surface area contributed by atoms with E-state index in [1.165, 1.54) is 0 Å². The first-order valence-electron chi connectivity index (χ1n) is 10.6. The molecule has 154 valence electrons. The fourth-order valence-corrected chi connectivity index (χ4v) is 3.62. The van der Waals surface area contributed by atoms with E-state index in [0.717, 1.165) is 28.3 Å². The van der Waals surface area contributed by atoms with Crippen LogP contribution >= 0.6 is 0 Å². The van der Waals surface area contributed by atoms with Crippen molar-refractivity contribution in [3.8, 4) is 11.4 Å². The van der Waals surface area contributed by atoms with E-state index >= 15 is 0 Å². The van der Waals surface area contributed by atoms with Crippen LogP contribution in [0.25, 0.3) is 11.4 Å². The van der Waals surface area contributed by atoms with Crippen LogP contribution in [-0.2, 0) is 6.42 Å². The minimum Gasteiger partial charge on any atom is -0.279 e. The summed E-state index contributed by atoms with van der Waals surface area (Å²) >= 11 is 0. The predicted octanol–water partition coefficient (Wildman–Crippen LogP) is 6.60. The molecular weight excluding hydrogens is 392 g/mol. The average Bonchev–Trinajstić information content (AvgIpc) is 2.87. The van der Waals surface area contributed by atoms with Gasteiger partial charge in [0.2, 0.25) is 5.95 Å². The summed E-state index contributed by atoms with van der Waals surface area (Å²) in [5.74, 6) is 2.00. The van der Waals surface area contributed by atoms with Gasteiger partial charge in [-0.1, -0.05) is 97.1 Å². The second-order valence-electron chi connectivity index (χ2n) is 7.41. The Kier molecular flexibility index (Phi) is 5.66. The molecule has 0 aliphatic rings. The topological polar surface area (TPSA) is 41.9 Å². The summed E-state index contributed by atoms with van der Waals surface area (Å²) in [6.45, 7) is 0. The van der Waals surface area contributed by atoms with Gasteiger partial charge in [0.1, 0.15) is 5.82 Å². The monoisotopic (exact) mass is 414 g/mol.